The number of aliphatic hydroxyl groups is 6. The lowest BCUT2D eigenvalue weighted by molar-refractivity contribution is -0.304. The average molecular weight is 487 g/mol. The minimum atomic E-state index is -1.58. The Hall–Kier alpha value is -2.54. The van der Waals surface area contributed by atoms with Gasteiger partial charge in [-0.1, -0.05) is 5.21 Å². The summed E-state index contributed by atoms with van der Waals surface area (Å²) in [6, 6.07) is 1.08. The molecule has 34 heavy (non-hydrogen) atoms. The van der Waals surface area contributed by atoms with Gasteiger partial charge in [0, 0.05) is 12.3 Å². The van der Waals surface area contributed by atoms with Crippen LogP contribution in [0.15, 0.2) is 28.0 Å². The molecule has 9 atom stereocenters. The number of aromatic nitrogens is 5. The number of H-pyrrole nitrogens is 1. The summed E-state index contributed by atoms with van der Waals surface area (Å²) in [4.78, 5) is 25.3. The van der Waals surface area contributed by atoms with Crippen LogP contribution in [-0.2, 0) is 27.4 Å². The zero-order valence-corrected chi connectivity index (χ0v) is 17.6. The molecule has 7 N–H and O–H groups in total. The van der Waals surface area contributed by atoms with E-state index in [0.717, 1.165) is 16.8 Å². The van der Waals surface area contributed by atoms with E-state index in [1.165, 1.54) is 10.9 Å². The first kappa shape index (κ1) is 24.6. The minimum absolute atomic E-state index is 0.0557. The molecule has 188 valence electrons. The molecule has 2 aliphatic rings. The van der Waals surface area contributed by atoms with Gasteiger partial charge in [0.1, 0.15) is 48.4 Å². The van der Waals surface area contributed by atoms with Crippen LogP contribution >= 0.6 is 0 Å². The van der Waals surface area contributed by atoms with Gasteiger partial charge in [-0.3, -0.25) is 14.3 Å². The van der Waals surface area contributed by atoms with Crippen molar-refractivity contribution in [2.45, 2.75) is 68.4 Å². The highest BCUT2D eigenvalue weighted by atomic mass is 16.7. The number of aliphatic hydroxyl groups excluding tert-OH is 6. The molecule has 16 heteroatoms. The van der Waals surface area contributed by atoms with Crippen molar-refractivity contribution >= 4 is 0 Å². The molecule has 0 saturated carbocycles. The Bertz CT molecular complexity index is 1090. The van der Waals surface area contributed by atoms with Crippen LogP contribution in [0.3, 0.4) is 0 Å². The Balaban J connectivity index is 1.36. The third kappa shape index (κ3) is 4.81. The van der Waals surface area contributed by atoms with Gasteiger partial charge in [0.05, 0.1) is 26.0 Å². The van der Waals surface area contributed by atoms with E-state index in [0.29, 0.717) is 0 Å². The molecule has 4 rings (SSSR count). The molecule has 2 saturated heterocycles. The Morgan fingerprint density at radius 1 is 1.00 bits per heavy atom. The monoisotopic (exact) mass is 487 g/mol. The fourth-order valence-corrected chi connectivity index (χ4v) is 3.79. The third-order valence-electron chi connectivity index (χ3n) is 5.66. The molecule has 0 unspecified atom stereocenters. The van der Waals surface area contributed by atoms with Gasteiger partial charge in [-0.25, -0.2) is 9.48 Å². The van der Waals surface area contributed by atoms with Crippen molar-refractivity contribution in [3.8, 4) is 0 Å². The van der Waals surface area contributed by atoms with E-state index in [1.807, 2.05) is 4.98 Å². The van der Waals surface area contributed by atoms with Gasteiger partial charge in [-0.2, -0.15) is 0 Å². The van der Waals surface area contributed by atoms with Crippen LogP contribution in [0, 0.1) is 0 Å². The molecule has 4 heterocycles. The maximum absolute atomic E-state index is 12.0. The molecule has 2 aliphatic heterocycles. The zero-order valence-electron chi connectivity index (χ0n) is 17.6. The second kappa shape index (κ2) is 9.98. The second-order valence-corrected chi connectivity index (χ2v) is 8.00. The van der Waals surface area contributed by atoms with Crippen LogP contribution in [-0.4, -0.2) is 111 Å². The van der Waals surface area contributed by atoms with Gasteiger partial charge < -0.3 is 44.8 Å². The highest BCUT2D eigenvalue weighted by molar-refractivity contribution is 4.96. The third-order valence-corrected chi connectivity index (χ3v) is 5.66. The predicted octanol–water partition coefficient (Wildman–Crippen LogP) is -5.24. The molecule has 2 aromatic heterocycles. The summed E-state index contributed by atoms with van der Waals surface area (Å²) in [7, 11) is 0. The van der Waals surface area contributed by atoms with Crippen molar-refractivity contribution in [1.29, 1.82) is 0 Å². The zero-order chi connectivity index (χ0) is 24.6. The lowest BCUT2D eigenvalue weighted by Gasteiger charge is -2.39. The SMILES string of the molecule is O=c1ccn([C@@H]2O[C@H](Cn3cc(CO[C@H]4O[C@H](CO)[C@H](O)[C@H](O)[C@H]4O)nn3)[C@@H](O)[C@H]2O)c(=O)[nH]1. The molecule has 0 aromatic carbocycles. The number of hydrogen-bond acceptors (Lipinski definition) is 13. The summed E-state index contributed by atoms with van der Waals surface area (Å²) in [5.41, 5.74) is -1.15. The number of nitrogens with one attached hydrogen (secondary N) is 1. The van der Waals surface area contributed by atoms with Crippen molar-refractivity contribution in [1.82, 2.24) is 24.5 Å². The Morgan fingerprint density at radius 3 is 2.44 bits per heavy atom. The smallest absolute Gasteiger partial charge is 0.330 e. The lowest BCUT2D eigenvalue weighted by atomic mass is 9.99. The van der Waals surface area contributed by atoms with E-state index in [2.05, 4.69) is 10.3 Å². The molecule has 0 aliphatic carbocycles. The quantitative estimate of drug-likeness (QED) is 0.194. The summed E-state index contributed by atoms with van der Waals surface area (Å²) < 4.78 is 18.5. The maximum atomic E-state index is 12.0. The Morgan fingerprint density at radius 2 is 1.74 bits per heavy atom. The van der Waals surface area contributed by atoms with Crippen LogP contribution < -0.4 is 11.2 Å². The largest absolute Gasteiger partial charge is 0.394 e. The summed E-state index contributed by atoms with van der Waals surface area (Å²) in [6.07, 6.45) is -9.56. The molecule has 2 aromatic rings. The van der Waals surface area contributed by atoms with Crippen molar-refractivity contribution in [3.05, 3.63) is 45.0 Å². The van der Waals surface area contributed by atoms with Gasteiger partial charge in [-0.15, -0.1) is 5.10 Å². The van der Waals surface area contributed by atoms with Crippen LogP contribution in [0.25, 0.3) is 0 Å². The molecule has 2 fully saturated rings. The number of hydrogen-bond donors (Lipinski definition) is 7. The van der Waals surface area contributed by atoms with E-state index in [4.69, 9.17) is 14.2 Å². The molecular formula is C18H25N5O11. The maximum Gasteiger partial charge on any atom is 0.330 e. The predicted molar refractivity (Wildman–Crippen MR) is 106 cm³/mol. The lowest BCUT2D eigenvalue weighted by Crippen LogP contribution is -2.59. The van der Waals surface area contributed by atoms with Crippen LogP contribution in [0.4, 0.5) is 0 Å². The Labute approximate surface area is 190 Å². The molecule has 0 spiro atoms. The summed E-state index contributed by atoms with van der Waals surface area (Å²) in [5.74, 6) is 0. The molecule has 0 bridgehead atoms. The summed E-state index contributed by atoms with van der Waals surface area (Å²) in [6.45, 7) is -0.864. The van der Waals surface area contributed by atoms with Gasteiger partial charge in [0.25, 0.3) is 5.56 Å². The fraction of sp³-hybridized carbons (Fsp3) is 0.667. The highest BCUT2D eigenvalue weighted by Crippen LogP contribution is 2.29. The van der Waals surface area contributed by atoms with Gasteiger partial charge in [0.15, 0.2) is 12.5 Å². The van der Waals surface area contributed by atoms with Gasteiger partial charge in [0.2, 0.25) is 0 Å². The van der Waals surface area contributed by atoms with Crippen LogP contribution in [0.1, 0.15) is 11.9 Å². The fourth-order valence-electron chi connectivity index (χ4n) is 3.79. The van der Waals surface area contributed by atoms with Gasteiger partial charge >= 0.3 is 5.69 Å². The minimum Gasteiger partial charge on any atom is -0.394 e. The first-order chi connectivity index (χ1) is 16.2. The molecular weight excluding hydrogens is 462 g/mol. The number of aromatic amines is 1. The number of nitrogens with zero attached hydrogens (tertiary/aromatic N) is 4. The molecule has 0 amide bonds. The summed E-state index contributed by atoms with van der Waals surface area (Å²) in [5, 5.41) is 67.2. The number of rotatable bonds is 7. The first-order valence-corrected chi connectivity index (χ1v) is 10.3. The molecule has 16 nitrogen and oxygen atoms in total. The standard InChI is InChI=1S/C18H25N5O11/c24-5-9-12(27)13(28)15(30)17(34-9)32-6-7-3-22(21-20-7)4-8-11(26)14(29)16(33-8)23-2-1-10(25)19-18(23)31/h1-3,8-9,11-17,24,26-30H,4-6H2,(H,19,25,31)/t8-,9-,11-,12+,13+,14-,15-,16-,17+/m1/s1. The average Bonchev–Trinajstić information content (AvgIpc) is 3.37. The van der Waals surface area contributed by atoms with Crippen molar-refractivity contribution in [2.24, 2.45) is 0 Å². The number of ether oxygens (including phenoxy) is 3. The van der Waals surface area contributed by atoms with Crippen molar-refractivity contribution in [2.75, 3.05) is 6.61 Å². The van der Waals surface area contributed by atoms with E-state index >= 15 is 0 Å². The van der Waals surface area contributed by atoms with Crippen molar-refractivity contribution in [3.63, 3.8) is 0 Å². The summed E-state index contributed by atoms with van der Waals surface area (Å²) >= 11 is 0. The van der Waals surface area contributed by atoms with Crippen molar-refractivity contribution < 1.29 is 44.8 Å². The highest BCUT2D eigenvalue weighted by Gasteiger charge is 2.45. The topological polar surface area (TPSA) is 235 Å². The Kier molecular flexibility index (Phi) is 7.22. The van der Waals surface area contributed by atoms with E-state index in [-0.39, 0.29) is 18.8 Å². The van der Waals surface area contributed by atoms with E-state index in [1.54, 1.807) is 0 Å². The van der Waals surface area contributed by atoms with Crippen LogP contribution in [0.2, 0.25) is 0 Å². The second-order valence-electron chi connectivity index (χ2n) is 8.00. The normalized spacial score (nSPS) is 36.1. The van der Waals surface area contributed by atoms with Gasteiger partial charge in [-0.05, 0) is 0 Å². The molecule has 0 radical (unpaired) electrons. The van der Waals surface area contributed by atoms with Crippen LogP contribution in [0.5, 0.6) is 0 Å². The first-order valence-electron chi connectivity index (χ1n) is 10.3. The van der Waals surface area contributed by atoms with E-state index < -0.39 is 73.1 Å². The van der Waals surface area contributed by atoms with E-state index in [9.17, 15) is 40.2 Å².